The Morgan fingerprint density at radius 2 is 1.31 bits per heavy atom. The van der Waals surface area contributed by atoms with Gasteiger partial charge in [-0.2, -0.15) is 48.3 Å². The molecule has 0 unspecified atom stereocenters. The maximum Gasteiger partial charge on any atom is 0.462 e. The van der Waals surface area contributed by atoms with Crippen molar-refractivity contribution in [3.8, 4) is 5.75 Å². The van der Waals surface area contributed by atoms with Crippen LogP contribution in [0.15, 0.2) is 24.3 Å². The summed E-state index contributed by atoms with van der Waals surface area (Å²) in [6.45, 7) is 0. The number of ether oxygens (including phenoxy) is 2. The van der Waals surface area contributed by atoms with Gasteiger partial charge in [0.05, 0.1) is 5.69 Å². The van der Waals surface area contributed by atoms with Gasteiger partial charge >= 0.3 is 36.2 Å². The summed E-state index contributed by atoms with van der Waals surface area (Å²) in [5.74, 6) is -18.4. The van der Waals surface area contributed by atoms with Crippen LogP contribution in [-0.2, 0) is 9.53 Å². The van der Waals surface area contributed by atoms with E-state index in [-0.39, 0.29) is 0 Å². The molecule has 0 saturated carbocycles. The summed E-state index contributed by atoms with van der Waals surface area (Å²) < 4.78 is 145. The Labute approximate surface area is 151 Å². The topological polar surface area (TPSA) is 82.1 Å². The fraction of sp³-hybridized carbons (Fsp3) is 0.417. The summed E-state index contributed by atoms with van der Waals surface area (Å²) in [5.41, 5.74) is -0.611. The second-order valence-electron chi connectivity index (χ2n) is 4.94. The quantitative estimate of drug-likeness (QED) is 0.300. The van der Waals surface area contributed by atoms with Crippen LogP contribution in [-0.4, -0.2) is 41.4 Å². The zero-order valence-electron chi connectivity index (χ0n) is 13.0. The zero-order valence-corrected chi connectivity index (χ0v) is 13.0. The Hall–Kier alpha value is -2.40. The fourth-order valence-corrected chi connectivity index (χ4v) is 1.44. The number of carbonyl (C=O) groups excluding carboxylic acids is 1. The highest BCUT2D eigenvalue weighted by Crippen LogP contribution is 2.51. The van der Waals surface area contributed by atoms with Crippen LogP contribution >= 0.6 is 0 Å². The van der Waals surface area contributed by atoms with Crippen LogP contribution in [0.3, 0.4) is 0 Å². The Bertz CT molecular complexity index is 731. The highest BCUT2D eigenvalue weighted by atomic mass is 19.4. The molecule has 0 aliphatic rings. The minimum absolute atomic E-state index is 0.410. The predicted molar refractivity (Wildman–Crippen MR) is 66.6 cm³/mol. The Morgan fingerprint density at radius 3 is 1.66 bits per heavy atom. The van der Waals surface area contributed by atoms with Crippen molar-refractivity contribution in [3.05, 3.63) is 29.5 Å². The number of anilines is 1. The van der Waals surface area contributed by atoms with E-state index in [9.17, 15) is 58.3 Å². The van der Waals surface area contributed by atoms with Crippen LogP contribution in [0.4, 0.5) is 54.0 Å². The molecule has 0 aliphatic carbocycles. The number of rotatable bonds is 6. The minimum atomic E-state index is -7.33. The summed E-state index contributed by atoms with van der Waals surface area (Å²) >= 11 is 0. The molecule has 0 radical (unpaired) electrons. The van der Waals surface area contributed by atoms with Crippen molar-refractivity contribution in [1.82, 2.24) is 0 Å². The lowest BCUT2D eigenvalue weighted by atomic mass is 10.2. The SMILES string of the molecule is O=C(Oc1ccc(N([O-])O)cc1)[C@](F)(OC(F)(F)C(F)(F)C(F)(F)F)C(F)(F)F. The normalized spacial score (nSPS) is 15.6. The zero-order chi connectivity index (χ0) is 23.1. The number of benzene rings is 1. The minimum Gasteiger partial charge on any atom is -0.733 e. The lowest BCUT2D eigenvalue weighted by molar-refractivity contribution is -0.474. The maximum atomic E-state index is 13.9. The van der Waals surface area contributed by atoms with Crippen LogP contribution < -0.4 is 9.96 Å². The monoisotopic (exact) mass is 452 g/mol. The molecule has 1 atom stereocenters. The third kappa shape index (κ3) is 4.78. The summed E-state index contributed by atoms with van der Waals surface area (Å²) in [4.78, 5) is 11.3. The molecule has 1 aromatic carbocycles. The van der Waals surface area contributed by atoms with Crippen LogP contribution in [0.1, 0.15) is 0 Å². The van der Waals surface area contributed by atoms with E-state index in [0.717, 1.165) is 0 Å². The second-order valence-corrected chi connectivity index (χ2v) is 4.94. The van der Waals surface area contributed by atoms with Gasteiger partial charge in [0.15, 0.2) is 0 Å². The smallest absolute Gasteiger partial charge is 0.462 e. The summed E-state index contributed by atoms with van der Waals surface area (Å²) in [6, 6.07) is 1.92. The third-order valence-electron chi connectivity index (χ3n) is 2.89. The van der Waals surface area contributed by atoms with Gasteiger partial charge in [0.1, 0.15) is 5.75 Å². The van der Waals surface area contributed by atoms with Crippen molar-refractivity contribution >= 4 is 11.7 Å². The van der Waals surface area contributed by atoms with Gasteiger partial charge in [-0.05, 0) is 24.3 Å². The van der Waals surface area contributed by atoms with E-state index in [1.807, 2.05) is 4.74 Å². The number of halogens is 11. The first-order chi connectivity index (χ1) is 12.8. The summed E-state index contributed by atoms with van der Waals surface area (Å²) in [6.07, 6.45) is -21.3. The number of nitrogens with zero attached hydrogens (tertiary/aromatic N) is 1. The molecule has 0 fully saturated rings. The van der Waals surface area contributed by atoms with Crippen molar-refractivity contribution in [1.29, 1.82) is 0 Å². The van der Waals surface area contributed by atoms with E-state index in [1.54, 1.807) is 0 Å². The number of alkyl halides is 11. The van der Waals surface area contributed by atoms with Crippen molar-refractivity contribution in [2.45, 2.75) is 30.2 Å². The summed E-state index contributed by atoms with van der Waals surface area (Å²) in [7, 11) is 0. The first-order valence-corrected chi connectivity index (χ1v) is 6.53. The molecule has 17 heteroatoms. The molecule has 166 valence electrons. The van der Waals surface area contributed by atoms with E-state index in [2.05, 4.69) is 4.74 Å². The van der Waals surface area contributed by atoms with Gasteiger partial charge in [-0.15, -0.1) is 0 Å². The Kier molecular flexibility index (Phi) is 6.33. The largest absolute Gasteiger partial charge is 0.733 e. The molecule has 0 amide bonds. The number of carbonyl (C=O) groups is 1. The average molecular weight is 452 g/mol. The molecule has 29 heavy (non-hydrogen) atoms. The van der Waals surface area contributed by atoms with Gasteiger partial charge < -0.3 is 15.2 Å². The van der Waals surface area contributed by atoms with Crippen LogP contribution in [0, 0.1) is 5.21 Å². The van der Waals surface area contributed by atoms with Crippen molar-refractivity contribution in [2.75, 3.05) is 5.23 Å². The predicted octanol–water partition coefficient (Wildman–Crippen LogP) is 4.32. The summed E-state index contributed by atoms with van der Waals surface area (Å²) in [5, 5.41) is 18.2. The third-order valence-corrected chi connectivity index (χ3v) is 2.89. The molecular weight excluding hydrogens is 447 g/mol. The number of hydrogen-bond donors (Lipinski definition) is 1. The molecule has 0 aliphatic heterocycles. The van der Waals surface area contributed by atoms with Gasteiger partial charge in [-0.25, -0.2) is 4.79 Å². The van der Waals surface area contributed by atoms with Crippen LogP contribution in [0.25, 0.3) is 0 Å². The van der Waals surface area contributed by atoms with Gasteiger partial charge in [-0.1, -0.05) is 0 Å². The second kappa shape index (κ2) is 7.45. The lowest BCUT2D eigenvalue weighted by Gasteiger charge is -2.33. The van der Waals surface area contributed by atoms with Gasteiger partial charge in [-0.3, -0.25) is 9.94 Å². The lowest BCUT2D eigenvalue weighted by Crippen LogP contribution is -2.62. The van der Waals surface area contributed by atoms with Gasteiger partial charge in [0.25, 0.3) is 0 Å². The molecule has 1 aromatic rings. The van der Waals surface area contributed by atoms with Crippen LogP contribution in [0.2, 0.25) is 0 Å². The fourth-order valence-electron chi connectivity index (χ4n) is 1.44. The van der Waals surface area contributed by atoms with E-state index < -0.39 is 52.9 Å². The molecule has 0 heterocycles. The van der Waals surface area contributed by atoms with E-state index >= 15 is 0 Å². The highest BCUT2D eigenvalue weighted by molar-refractivity contribution is 5.81. The number of hydrogen-bond acceptors (Lipinski definition) is 6. The molecule has 0 spiro atoms. The molecule has 1 N–H and O–H groups in total. The van der Waals surface area contributed by atoms with Crippen LogP contribution in [0.5, 0.6) is 5.75 Å². The molecule has 0 saturated heterocycles. The van der Waals surface area contributed by atoms with E-state index in [4.69, 9.17) is 5.21 Å². The van der Waals surface area contributed by atoms with Crippen molar-refractivity contribution in [3.63, 3.8) is 0 Å². The van der Waals surface area contributed by atoms with Crippen molar-refractivity contribution in [2.24, 2.45) is 0 Å². The Balaban J connectivity index is 3.25. The van der Waals surface area contributed by atoms with Gasteiger partial charge in [0, 0.05) is 0 Å². The molecule has 6 nitrogen and oxygen atoms in total. The Morgan fingerprint density at radius 1 is 0.862 bits per heavy atom. The highest BCUT2D eigenvalue weighted by Gasteiger charge is 2.80. The first-order valence-electron chi connectivity index (χ1n) is 6.53. The average Bonchev–Trinajstić information content (AvgIpc) is 2.52. The van der Waals surface area contributed by atoms with Gasteiger partial charge in [0.2, 0.25) is 0 Å². The molecule has 0 bridgehead atoms. The van der Waals surface area contributed by atoms with E-state index in [0.29, 0.717) is 24.3 Å². The molecular formula is C12H5F11NO5-. The molecule has 0 aromatic heterocycles. The number of esters is 1. The van der Waals surface area contributed by atoms with Crippen molar-refractivity contribution < 1.29 is 67.8 Å². The van der Waals surface area contributed by atoms with E-state index in [1.165, 1.54) is 0 Å². The maximum absolute atomic E-state index is 13.9. The standard InChI is InChI=1S/C12H5F11NO5/c13-8(10(16,17)18,29-12(22,23)9(14,15)11(19,20)21)7(25)28-6-3-1-5(2-4-6)24(26)27/h1-4,26H/q-1/t8-/m0/s1. The first kappa shape index (κ1) is 24.6. The molecule has 1 rings (SSSR count).